The lowest BCUT2D eigenvalue weighted by molar-refractivity contribution is 0.503. The first-order chi connectivity index (χ1) is 9.45. The van der Waals surface area contributed by atoms with Gasteiger partial charge in [0.25, 0.3) is 0 Å². The molecule has 0 aliphatic rings. The third-order valence-corrected chi connectivity index (χ3v) is 3.58. The zero-order valence-corrected chi connectivity index (χ0v) is 11.9. The van der Waals surface area contributed by atoms with Crippen LogP contribution in [0.1, 0.15) is 17.2 Å². The van der Waals surface area contributed by atoms with Crippen molar-refractivity contribution >= 4 is 23.2 Å². The van der Waals surface area contributed by atoms with Crippen molar-refractivity contribution in [3.8, 4) is 0 Å². The molecular formula is C14H10Cl2F3N. The smallest absolute Gasteiger partial charge is 0.160 e. The summed E-state index contributed by atoms with van der Waals surface area (Å²) >= 11 is 11.9. The van der Waals surface area contributed by atoms with Crippen LogP contribution < -0.4 is 5.32 Å². The Morgan fingerprint density at radius 1 is 0.950 bits per heavy atom. The zero-order valence-electron chi connectivity index (χ0n) is 10.4. The summed E-state index contributed by atoms with van der Waals surface area (Å²) in [6.45, 7) is 0. The second kappa shape index (κ2) is 6.04. The quantitative estimate of drug-likeness (QED) is 0.807. The van der Waals surface area contributed by atoms with Crippen molar-refractivity contribution in [2.75, 3.05) is 7.05 Å². The molecule has 2 aromatic rings. The Balaban J connectivity index is 2.62. The van der Waals surface area contributed by atoms with Gasteiger partial charge in [0.2, 0.25) is 0 Å². The van der Waals surface area contributed by atoms with Crippen molar-refractivity contribution in [2.45, 2.75) is 6.04 Å². The lowest BCUT2D eigenvalue weighted by atomic mass is 9.98. The van der Waals surface area contributed by atoms with Crippen LogP contribution in [-0.2, 0) is 0 Å². The fourth-order valence-electron chi connectivity index (χ4n) is 2.00. The van der Waals surface area contributed by atoms with E-state index in [1.54, 1.807) is 7.05 Å². The molecule has 0 radical (unpaired) electrons. The van der Waals surface area contributed by atoms with Crippen molar-refractivity contribution in [3.63, 3.8) is 0 Å². The van der Waals surface area contributed by atoms with Gasteiger partial charge in [-0.3, -0.25) is 0 Å². The molecule has 1 unspecified atom stereocenters. The molecule has 0 spiro atoms. The van der Waals surface area contributed by atoms with Gasteiger partial charge in [-0.15, -0.1) is 0 Å². The highest BCUT2D eigenvalue weighted by Gasteiger charge is 2.23. The maximum absolute atomic E-state index is 13.9. The maximum Gasteiger partial charge on any atom is 0.160 e. The second-order valence-electron chi connectivity index (χ2n) is 4.14. The Kier molecular flexibility index (Phi) is 4.58. The highest BCUT2D eigenvalue weighted by molar-refractivity contribution is 6.32. The van der Waals surface area contributed by atoms with E-state index in [0.29, 0.717) is 0 Å². The summed E-state index contributed by atoms with van der Waals surface area (Å²) in [5.74, 6) is -2.68. The van der Waals surface area contributed by atoms with Gasteiger partial charge < -0.3 is 5.32 Å². The summed E-state index contributed by atoms with van der Waals surface area (Å²) < 4.78 is 40.4. The summed E-state index contributed by atoms with van der Waals surface area (Å²) in [6.07, 6.45) is 0. The van der Waals surface area contributed by atoms with E-state index in [9.17, 15) is 13.2 Å². The normalized spacial score (nSPS) is 12.5. The average Bonchev–Trinajstić information content (AvgIpc) is 2.39. The van der Waals surface area contributed by atoms with E-state index < -0.39 is 23.5 Å². The van der Waals surface area contributed by atoms with Crippen LogP contribution in [0.25, 0.3) is 0 Å². The predicted octanol–water partition coefficient (Wildman–Crippen LogP) is 4.72. The van der Waals surface area contributed by atoms with E-state index in [0.717, 1.165) is 12.1 Å². The van der Waals surface area contributed by atoms with Gasteiger partial charge in [0.05, 0.1) is 6.04 Å². The first-order valence-electron chi connectivity index (χ1n) is 5.71. The monoisotopic (exact) mass is 319 g/mol. The minimum Gasteiger partial charge on any atom is -0.309 e. The van der Waals surface area contributed by atoms with Crippen LogP contribution >= 0.6 is 23.2 Å². The van der Waals surface area contributed by atoms with E-state index >= 15 is 0 Å². The first-order valence-corrected chi connectivity index (χ1v) is 6.47. The molecule has 0 saturated carbocycles. The summed E-state index contributed by atoms with van der Waals surface area (Å²) in [5, 5.41) is 2.97. The number of hydrogen-bond donors (Lipinski definition) is 1. The fraction of sp³-hybridized carbons (Fsp3) is 0.143. The molecule has 1 N–H and O–H groups in total. The molecule has 2 aromatic carbocycles. The molecule has 0 heterocycles. The summed E-state index contributed by atoms with van der Waals surface area (Å²) in [7, 11) is 1.55. The third-order valence-electron chi connectivity index (χ3n) is 2.93. The van der Waals surface area contributed by atoms with Crippen molar-refractivity contribution in [3.05, 3.63) is 69.0 Å². The Hall–Kier alpha value is -1.23. The van der Waals surface area contributed by atoms with Crippen LogP contribution in [0.3, 0.4) is 0 Å². The summed E-state index contributed by atoms with van der Waals surface area (Å²) in [6, 6.07) is 5.21. The van der Waals surface area contributed by atoms with Crippen LogP contribution in [0, 0.1) is 17.5 Å². The van der Waals surface area contributed by atoms with E-state index in [2.05, 4.69) is 5.32 Å². The molecule has 1 nitrogen and oxygen atoms in total. The van der Waals surface area contributed by atoms with E-state index in [1.165, 1.54) is 18.2 Å². The largest absolute Gasteiger partial charge is 0.309 e. The Morgan fingerprint density at radius 2 is 1.60 bits per heavy atom. The van der Waals surface area contributed by atoms with Gasteiger partial charge in [-0.2, -0.15) is 0 Å². The van der Waals surface area contributed by atoms with Gasteiger partial charge in [0.15, 0.2) is 11.6 Å². The van der Waals surface area contributed by atoms with Crippen LogP contribution in [0.15, 0.2) is 30.3 Å². The molecule has 6 heteroatoms. The topological polar surface area (TPSA) is 12.0 Å². The van der Waals surface area contributed by atoms with Crippen LogP contribution in [-0.4, -0.2) is 7.05 Å². The van der Waals surface area contributed by atoms with Gasteiger partial charge in [-0.25, -0.2) is 13.2 Å². The van der Waals surface area contributed by atoms with E-state index in [4.69, 9.17) is 23.2 Å². The molecule has 0 aromatic heterocycles. The van der Waals surface area contributed by atoms with Crippen molar-refractivity contribution < 1.29 is 13.2 Å². The maximum atomic E-state index is 13.9. The molecule has 0 aliphatic carbocycles. The lowest BCUT2D eigenvalue weighted by Crippen LogP contribution is -2.20. The van der Waals surface area contributed by atoms with Gasteiger partial charge in [-0.1, -0.05) is 29.3 Å². The molecule has 0 bridgehead atoms. The number of benzene rings is 2. The molecular weight excluding hydrogens is 310 g/mol. The average molecular weight is 320 g/mol. The highest BCUT2D eigenvalue weighted by Crippen LogP contribution is 2.34. The fourth-order valence-corrected chi connectivity index (χ4v) is 2.53. The van der Waals surface area contributed by atoms with Gasteiger partial charge in [0.1, 0.15) is 5.82 Å². The third kappa shape index (κ3) is 2.77. The van der Waals surface area contributed by atoms with Gasteiger partial charge in [-0.05, 0) is 36.9 Å². The lowest BCUT2D eigenvalue weighted by Gasteiger charge is -2.20. The van der Waals surface area contributed by atoms with Crippen molar-refractivity contribution in [1.82, 2.24) is 5.32 Å². The SMILES string of the molecule is CNC(c1cc(F)c(F)cc1Cl)c1c(F)cccc1Cl. The summed E-state index contributed by atoms with van der Waals surface area (Å²) in [5.41, 5.74) is 0.338. The number of halogens is 5. The minimum absolute atomic E-state index is 0.0115. The Bertz CT molecular complexity index is 626. The molecule has 0 fully saturated rings. The standard InChI is InChI=1S/C14H10Cl2F3N/c1-20-14(13-8(15)3-2-4-10(13)17)7-5-11(18)12(19)6-9(7)16/h2-6,14,20H,1H3. The van der Waals surface area contributed by atoms with E-state index in [1.807, 2.05) is 0 Å². The van der Waals surface area contributed by atoms with Crippen LogP contribution in [0.2, 0.25) is 10.0 Å². The van der Waals surface area contributed by atoms with Gasteiger partial charge >= 0.3 is 0 Å². The van der Waals surface area contributed by atoms with E-state index in [-0.39, 0.29) is 21.2 Å². The zero-order chi connectivity index (χ0) is 14.9. The molecule has 106 valence electrons. The predicted molar refractivity (Wildman–Crippen MR) is 73.7 cm³/mol. The molecule has 0 amide bonds. The molecule has 2 rings (SSSR count). The number of nitrogens with one attached hydrogen (secondary N) is 1. The Morgan fingerprint density at radius 3 is 2.20 bits per heavy atom. The van der Waals surface area contributed by atoms with Crippen molar-refractivity contribution in [1.29, 1.82) is 0 Å². The molecule has 0 saturated heterocycles. The van der Waals surface area contributed by atoms with Crippen LogP contribution in [0.5, 0.6) is 0 Å². The number of hydrogen-bond acceptors (Lipinski definition) is 1. The van der Waals surface area contributed by atoms with Crippen molar-refractivity contribution in [2.24, 2.45) is 0 Å². The molecule has 1 atom stereocenters. The minimum atomic E-state index is -1.06. The molecule has 20 heavy (non-hydrogen) atoms. The molecule has 0 aliphatic heterocycles. The van der Waals surface area contributed by atoms with Gasteiger partial charge in [0, 0.05) is 15.6 Å². The number of rotatable bonds is 3. The first kappa shape index (κ1) is 15.2. The van der Waals surface area contributed by atoms with Crippen LogP contribution in [0.4, 0.5) is 13.2 Å². The second-order valence-corrected chi connectivity index (χ2v) is 4.96. The Labute approximate surface area is 124 Å². The highest BCUT2D eigenvalue weighted by atomic mass is 35.5. The summed E-state index contributed by atoms with van der Waals surface area (Å²) in [4.78, 5) is 0.